The number of hydrogen-bond donors (Lipinski definition) is 2. The van der Waals surface area contributed by atoms with Crippen LogP contribution in [-0.2, 0) is 21.5 Å². The molecule has 1 saturated heterocycles. The van der Waals surface area contributed by atoms with Crippen LogP contribution in [0.5, 0.6) is 5.75 Å². The molecule has 39 heavy (non-hydrogen) atoms. The fourth-order valence-electron chi connectivity index (χ4n) is 6.66. The minimum absolute atomic E-state index is 0.0304. The molecule has 1 fully saturated rings. The summed E-state index contributed by atoms with van der Waals surface area (Å²) in [7, 11) is 2.78. The number of rotatable bonds is 3. The van der Waals surface area contributed by atoms with Gasteiger partial charge in [0.1, 0.15) is 22.7 Å². The van der Waals surface area contributed by atoms with Gasteiger partial charge in [0.15, 0.2) is 0 Å². The third-order valence-corrected chi connectivity index (χ3v) is 8.71. The molecule has 4 heterocycles. The quantitative estimate of drug-likeness (QED) is 0.340. The molecule has 3 aromatic carbocycles. The predicted molar refractivity (Wildman–Crippen MR) is 143 cm³/mol. The molecular weight excluding hydrogens is 546 g/mol. The molecule has 1 spiro atoms. The number of anilines is 1. The number of fused-ring (bicyclic) bond motifs is 7. The van der Waals surface area contributed by atoms with Gasteiger partial charge in [0.2, 0.25) is 5.91 Å². The largest absolute Gasteiger partial charge is 0.496 e. The Kier molecular flexibility index (Phi) is 5.26. The van der Waals surface area contributed by atoms with Crippen molar-refractivity contribution in [2.75, 3.05) is 19.5 Å². The molecule has 0 bridgehead atoms. The van der Waals surface area contributed by atoms with Crippen LogP contribution in [0.25, 0.3) is 10.9 Å². The Morgan fingerprint density at radius 2 is 2.00 bits per heavy atom. The highest BCUT2D eigenvalue weighted by atomic mass is 35.5. The fraction of sp³-hybridized carbons (Fsp3) is 0.250. The van der Waals surface area contributed by atoms with E-state index < -0.39 is 29.3 Å². The molecule has 7 rings (SSSR count). The number of methoxy groups -OCH3 is 2. The normalized spacial score (nSPS) is 24.5. The van der Waals surface area contributed by atoms with Crippen LogP contribution in [0.15, 0.2) is 48.5 Å². The van der Waals surface area contributed by atoms with E-state index in [0.29, 0.717) is 39.5 Å². The molecule has 4 aromatic rings. The van der Waals surface area contributed by atoms with Crippen LogP contribution in [0.4, 0.5) is 10.1 Å². The maximum atomic E-state index is 15.8. The van der Waals surface area contributed by atoms with E-state index in [1.165, 1.54) is 20.3 Å². The fourth-order valence-corrected chi connectivity index (χ4v) is 7.01. The zero-order chi connectivity index (χ0) is 27.2. The lowest BCUT2D eigenvalue weighted by Gasteiger charge is -2.33. The van der Waals surface area contributed by atoms with Gasteiger partial charge < -0.3 is 14.8 Å². The average Bonchev–Trinajstić information content (AvgIpc) is 3.62. The smallest absolute Gasteiger partial charge is 0.341 e. The number of halogens is 3. The minimum Gasteiger partial charge on any atom is -0.496 e. The predicted octanol–water partition coefficient (Wildman–Crippen LogP) is 4.98. The van der Waals surface area contributed by atoms with Gasteiger partial charge in [0.25, 0.3) is 0 Å². The molecular formula is C28H21Cl2FN4O4. The summed E-state index contributed by atoms with van der Waals surface area (Å²) in [6.07, 6.45) is 0.512. The van der Waals surface area contributed by atoms with E-state index in [4.69, 9.17) is 37.8 Å². The van der Waals surface area contributed by atoms with Crippen molar-refractivity contribution in [3.63, 3.8) is 0 Å². The van der Waals surface area contributed by atoms with Crippen molar-refractivity contribution in [3.05, 3.63) is 86.8 Å². The van der Waals surface area contributed by atoms with E-state index in [0.717, 1.165) is 11.1 Å². The first-order chi connectivity index (χ1) is 18.8. The first-order valence-electron chi connectivity index (χ1n) is 12.3. The van der Waals surface area contributed by atoms with Crippen molar-refractivity contribution in [2.24, 2.45) is 0 Å². The Morgan fingerprint density at radius 3 is 2.77 bits per heavy atom. The second-order valence-electron chi connectivity index (χ2n) is 9.97. The minimum atomic E-state index is -1.29. The van der Waals surface area contributed by atoms with E-state index >= 15 is 4.39 Å². The number of amides is 1. The molecule has 2 N–H and O–H groups in total. The van der Waals surface area contributed by atoms with E-state index in [1.54, 1.807) is 42.5 Å². The van der Waals surface area contributed by atoms with Gasteiger partial charge in [0, 0.05) is 45.7 Å². The summed E-state index contributed by atoms with van der Waals surface area (Å²) in [5.74, 6) is -1.77. The summed E-state index contributed by atoms with van der Waals surface area (Å²) in [6.45, 7) is 0. The van der Waals surface area contributed by atoms with Crippen LogP contribution in [-0.4, -0.2) is 41.9 Å². The highest BCUT2D eigenvalue weighted by Gasteiger charge is 2.65. The maximum Gasteiger partial charge on any atom is 0.341 e. The molecule has 1 amide bonds. The van der Waals surface area contributed by atoms with Crippen LogP contribution in [0.1, 0.15) is 39.1 Å². The van der Waals surface area contributed by atoms with Crippen LogP contribution >= 0.6 is 23.2 Å². The zero-order valence-electron chi connectivity index (χ0n) is 20.7. The number of hydrogen-bond acceptors (Lipinski definition) is 6. The Balaban J connectivity index is 1.47. The van der Waals surface area contributed by atoms with Gasteiger partial charge in [-0.3, -0.25) is 14.8 Å². The molecule has 11 heteroatoms. The van der Waals surface area contributed by atoms with E-state index in [1.807, 2.05) is 4.68 Å². The molecule has 1 aromatic heterocycles. The molecule has 3 aliphatic heterocycles. The molecule has 0 radical (unpaired) electrons. The summed E-state index contributed by atoms with van der Waals surface area (Å²) in [6, 6.07) is 12.7. The van der Waals surface area contributed by atoms with Crippen molar-refractivity contribution in [2.45, 2.75) is 30.0 Å². The maximum absolute atomic E-state index is 15.8. The molecule has 198 valence electrons. The van der Waals surface area contributed by atoms with Crippen molar-refractivity contribution in [1.82, 2.24) is 15.1 Å². The number of nitrogens with zero attached hydrogens (tertiary/aromatic N) is 2. The number of nitrogens with one attached hydrogen (secondary N) is 2. The third-order valence-electron chi connectivity index (χ3n) is 8.18. The van der Waals surface area contributed by atoms with Gasteiger partial charge in [0.05, 0.1) is 30.8 Å². The van der Waals surface area contributed by atoms with Crippen LogP contribution < -0.4 is 15.4 Å². The Bertz CT molecular complexity index is 1740. The second kappa shape index (κ2) is 8.42. The van der Waals surface area contributed by atoms with Crippen molar-refractivity contribution in [1.29, 1.82) is 0 Å². The molecule has 0 unspecified atom stereocenters. The summed E-state index contributed by atoms with van der Waals surface area (Å²) in [5.41, 5.74) is 1.99. The highest BCUT2D eigenvalue weighted by Crippen LogP contribution is 2.59. The van der Waals surface area contributed by atoms with Gasteiger partial charge in [-0.1, -0.05) is 41.4 Å². The summed E-state index contributed by atoms with van der Waals surface area (Å²) < 4.78 is 28.0. The number of aromatic nitrogens is 2. The van der Waals surface area contributed by atoms with Crippen LogP contribution in [0.3, 0.4) is 0 Å². The SMILES string of the molecule is COC(=O)c1cc2nn3c(c2cc1OC)C[C@@H]1N[C@@]2(C(=O)Nc4cc(Cl)ccc42)[C@@H](c2cccc(Cl)c2F)[C@@H]13. The number of ether oxygens (including phenoxy) is 2. The lowest BCUT2D eigenvalue weighted by molar-refractivity contribution is -0.122. The first-order valence-corrected chi connectivity index (χ1v) is 13.0. The molecule has 0 aliphatic carbocycles. The van der Waals surface area contributed by atoms with Crippen LogP contribution in [0.2, 0.25) is 10.0 Å². The van der Waals surface area contributed by atoms with Gasteiger partial charge >= 0.3 is 5.97 Å². The lowest BCUT2D eigenvalue weighted by Crippen LogP contribution is -2.49. The first kappa shape index (κ1) is 24.4. The summed E-state index contributed by atoms with van der Waals surface area (Å²) in [5, 5.41) is 12.7. The van der Waals surface area contributed by atoms with Gasteiger partial charge in [-0.05, 0) is 35.9 Å². The monoisotopic (exact) mass is 566 g/mol. The third kappa shape index (κ3) is 3.18. The standard InChI is InChI=1S/C28H21Cl2FN4O4/c1-38-22-10-14-18(9-15(22)26(36)39-2)34-35-21(14)11-20-25(35)23(13-4-3-5-17(30)24(13)31)28(33-20)16-7-6-12(29)8-19(16)32-27(28)37/h3-10,20,23,25,33H,11H2,1-2H3,(H,32,37)/t20-,23-,25+,28+/m0/s1. The van der Waals surface area contributed by atoms with Crippen molar-refractivity contribution >= 4 is 51.7 Å². The topological polar surface area (TPSA) is 94.5 Å². The second-order valence-corrected chi connectivity index (χ2v) is 10.8. The van der Waals surface area contributed by atoms with E-state index in [-0.39, 0.29) is 22.5 Å². The van der Waals surface area contributed by atoms with E-state index in [2.05, 4.69) is 10.6 Å². The Hall–Kier alpha value is -3.66. The van der Waals surface area contributed by atoms with Crippen molar-refractivity contribution in [3.8, 4) is 5.75 Å². The number of benzene rings is 3. The summed E-state index contributed by atoms with van der Waals surface area (Å²) in [4.78, 5) is 26.2. The Morgan fingerprint density at radius 1 is 1.18 bits per heavy atom. The number of carbonyl (C=O) groups is 2. The molecule has 4 atom stereocenters. The number of carbonyl (C=O) groups excluding carboxylic acids is 2. The van der Waals surface area contributed by atoms with Crippen molar-refractivity contribution < 1.29 is 23.5 Å². The summed E-state index contributed by atoms with van der Waals surface area (Å²) >= 11 is 12.5. The van der Waals surface area contributed by atoms with E-state index in [9.17, 15) is 9.59 Å². The highest BCUT2D eigenvalue weighted by molar-refractivity contribution is 6.31. The van der Waals surface area contributed by atoms with Gasteiger partial charge in [-0.25, -0.2) is 9.18 Å². The zero-order valence-corrected chi connectivity index (χ0v) is 22.2. The Labute approximate surface area is 232 Å². The molecule has 3 aliphatic rings. The van der Waals surface area contributed by atoms with Gasteiger partial charge in [-0.2, -0.15) is 5.10 Å². The lowest BCUT2D eigenvalue weighted by atomic mass is 9.74. The number of esters is 1. The molecule has 8 nitrogen and oxygen atoms in total. The average molecular weight is 567 g/mol. The van der Waals surface area contributed by atoms with Crippen LogP contribution in [0, 0.1) is 5.82 Å². The molecule has 0 saturated carbocycles. The van der Waals surface area contributed by atoms with Gasteiger partial charge in [-0.15, -0.1) is 0 Å².